The summed E-state index contributed by atoms with van der Waals surface area (Å²) in [6, 6.07) is 17.5. The number of carbonyl (C=O) groups is 1. The van der Waals surface area contributed by atoms with E-state index >= 15 is 0 Å². The molecule has 1 amide bonds. The van der Waals surface area contributed by atoms with Crippen LogP contribution in [0, 0.1) is 25.2 Å². The van der Waals surface area contributed by atoms with Gasteiger partial charge in [0.1, 0.15) is 5.15 Å². The Morgan fingerprint density at radius 2 is 1.79 bits per heavy atom. The number of amides is 1. The van der Waals surface area contributed by atoms with E-state index in [1.54, 1.807) is 22.9 Å². The van der Waals surface area contributed by atoms with Gasteiger partial charge in [-0.3, -0.25) is 4.79 Å². The molecule has 0 spiro atoms. The molecule has 146 valence electrons. The molecule has 0 saturated carbocycles. The van der Waals surface area contributed by atoms with Crippen LogP contribution in [0.25, 0.3) is 6.08 Å². The van der Waals surface area contributed by atoms with E-state index in [0.29, 0.717) is 23.8 Å². The van der Waals surface area contributed by atoms with E-state index in [1.807, 2.05) is 38.1 Å². The van der Waals surface area contributed by atoms with Crippen LogP contribution in [0.15, 0.2) is 54.6 Å². The second kappa shape index (κ2) is 9.22. The fraction of sp³-hybridized carbons (Fsp3) is 0.174. The lowest BCUT2D eigenvalue weighted by Gasteiger charge is -2.04. The number of benzene rings is 2. The van der Waals surface area contributed by atoms with Gasteiger partial charge < -0.3 is 5.32 Å². The summed E-state index contributed by atoms with van der Waals surface area (Å²) >= 11 is 6.49. The number of hydrogen-bond donors (Lipinski definition) is 1. The molecule has 0 saturated heterocycles. The minimum absolute atomic E-state index is 0.264. The SMILES string of the molecule is Cc1ccc(Cn2nc(C)c(C=CC(=O)Nc3ccc(CC#N)cc3)c2Cl)cc1. The first-order valence-electron chi connectivity index (χ1n) is 9.19. The molecule has 29 heavy (non-hydrogen) atoms. The zero-order chi connectivity index (χ0) is 20.8. The molecule has 3 aromatic rings. The maximum atomic E-state index is 12.2. The third kappa shape index (κ3) is 5.34. The minimum atomic E-state index is -0.264. The number of rotatable bonds is 6. The van der Waals surface area contributed by atoms with Crippen molar-refractivity contribution in [2.75, 3.05) is 5.32 Å². The molecule has 0 radical (unpaired) electrons. The number of aromatic nitrogens is 2. The van der Waals surface area contributed by atoms with E-state index in [2.05, 4.69) is 28.6 Å². The third-order valence-corrected chi connectivity index (χ3v) is 4.87. The van der Waals surface area contributed by atoms with E-state index in [9.17, 15) is 4.79 Å². The molecule has 0 atom stereocenters. The van der Waals surface area contributed by atoms with Crippen molar-refractivity contribution in [3.8, 4) is 6.07 Å². The number of hydrogen-bond acceptors (Lipinski definition) is 3. The summed E-state index contributed by atoms with van der Waals surface area (Å²) in [5.41, 5.74) is 5.35. The van der Waals surface area contributed by atoms with Crippen LogP contribution < -0.4 is 5.32 Å². The normalized spacial score (nSPS) is 10.8. The monoisotopic (exact) mass is 404 g/mol. The van der Waals surface area contributed by atoms with Gasteiger partial charge in [0.2, 0.25) is 5.91 Å². The Balaban J connectivity index is 1.68. The molecule has 6 heteroatoms. The summed E-state index contributed by atoms with van der Waals surface area (Å²) in [5.74, 6) is -0.264. The van der Waals surface area contributed by atoms with Gasteiger partial charge in [-0.25, -0.2) is 4.68 Å². The third-order valence-electron chi connectivity index (χ3n) is 4.47. The van der Waals surface area contributed by atoms with Crippen molar-refractivity contribution in [2.24, 2.45) is 0 Å². The van der Waals surface area contributed by atoms with Crippen LogP contribution in [0.5, 0.6) is 0 Å². The zero-order valence-electron chi connectivity index (χ0n) is 16.3. The largest absolute Gasteiger partial charge is 0.323 e. The quantitative estimate of drug-likeness (QED) is 0.593. The number of nitriles is 1. The smallest absolute Gasteiger partial charge is 0.248 e. The second-order valence-electron chi connectivity index (χ2n) is 6.79. The average molecular weight is 405 g/mol. The van der Waals surface area contributed by atoms with E-state index in [0.717, 1.165) is 22.4 Å². The Kier molecular flexibility index (Phi) is 6.48. The second-order valence-corrected chi connectivity index (χ2v) is 7.15. The van der Waals surface area contributed by atoms with Gasteiger partial charge >= 0.3 is 0 Å². The molecule has 0 unspecified atom stereocenters. The highest BCUT2D eigenvalue weighted by atomic mass is 35.5. The predicted molar refractivity (Wildman–Crippen MR) is 116 cm³/mol. The number of nitrogens with one attached hydrogen (secondary N) is 1. The van der Waals surface area contributed by atoms with E-state index in [4.69, 9.17) is 16.9 Å². The van der Waals surface area contributed by atoms with Crippen molar-refractivity contribution in [3.05, 3.63) is 87.7 Å². The molecule has 1 aromatic heterocycles. The molecular formula is C23H21ClN4O. The topological polar surface area (TPSA) is 70.7 Å². The Morgan fingerprint density at radius 3 is 2.45 bits per heavy atom. The number of halogens is 1. The number of aryl methyl sites for hydroxylation is 2. The summed E-state index contributed by atoms with van der Waals surface area (Å²) in [7, 11) is 0. The molecule has 0 aliphatic heterocycles. The summed E-state index contributed by atoms with van der Waals surface area (Å²) in [6.07, 6.45) is 3.46. The Bertz CT molecular complexity index is 1070. The van der Waals surface area contributed by atoms with Crippen LogP contribution >= 0.6 is 11.6 Å². The number of carbonyl (C=O) groups excluding carboxylic acids is 1. The standard InChI is InChI=1S/C23H21ClN4O/c1-16-3-5-19(6-4-16)15-28-23(24)21(17(2)27-28)11-12-22(29)26-20-9-7-18(8-10-20)13-14-25/h3-12H,13,15H2,1-2H3,(H,26,29). The lowest BCUT2D eigenvalue weighted by molar-refractivity contribution is -0.111. The van der Waals surface area contributed by atoms with Crippen LogP contribution in [-0.2, 0) is 17.8 Å². The zero-order valence-corrected chi connectivity index (χ0v) is 17.1. The van der Waals surface area contributed by atoms with Crippen molar-refractivity contribution in [2.45, 2.75) is 26.8 Å². The molecule has 1 N–H and O–H groups in total. The fourth-order valence-corrected chi connectivity index (χ4v) is 3.17. The number of anilines is 1. The lowest BCUT2D eigenvalue weighted by Crippen LogP contribution is -2.07. The molecular weight excluding hydrogens is 384 g/mol. The Morgan fingerprint density at radius 1 is 1.14 bits per heavy atom. The fourth-order valence-electron chi connectivity index (χ4n) is 2.87. The van der Waals surface area contributed by atoms with Crippen LogP contribution in [0.1, 0.15) is 27.9 Å². The van der Waals surface area contributed by atoms with Gasteiger partial charge in [-0.1, -0.05) is 53.6 Å². The van der Waals surface area contributed by atoms with Gasteiger partial charge in [0.25, 0.3) is 0 Å². The Hall–Kier alpha value is -3.36. The highest BCUT2D eigenvalue weighted by Crippen LogP contribution is 2.22. The van der Waals surface area contributed by atoms with Gasteiger partial charge in [0.05, 0.1) is 24.7 Å². The molecule has 0 fully saturated rings. The summed E-state index contributed by atoms with van der Waals surface area (Å²) < 4.78 is 1.73. The highest BCUT2D eigenvalue weighted by Gasteiger charge is 2.12. The summed E-state index contributed by atoms with van der Waals surface area (Å²) in [4.78, 5) is 12.2. The first kappa shape index (κ1) is 20.4. The van der Waals surface area contributed by atoms with Gasteiger partial charge in [0, 0.05) is 17.3 Å². The highest BCUT2D eigenvalue weighted by molar-refractivity contribution is 6.31. The van der Waals surface area contributed by atoms with Crippen molar-refractivity contribution in [1.82, 2.24) is 9.78 Å². The predicted octanol–water partition coefficient (Wildman–Crippen LogP) is 4.92. The van der Waals surface area contributed by atoms with Crippen LogP contribution in [-0.4, -0.2) is 15.7 Å². The molecule has 2 aromatic carbocycles. The first-order valence-corrected chi connectivity index (χ1v) is 9.57. The molecule has 0 aliphatic rings. The van der Waals surface area contributed by atoms with Crippen LogP contribution in [0.3, 0.4) is 0 Å². The average Bonchev–Trinajstić information content (AvgIpc) is 2.96. The Labute approximate surface area is 175 Å². The number of nitrogens with zero attached hydrogens (tertiary/aromatic N) is 3. The van der Waals surface area contributed by atoms with Gasteiger partial charge in [-0.2, -0.15) is 10.4 Å². The summed E-state index contributed by atoms with van der Waals surface area (Å²) in [6.45, 7) is 4.47. The first-order chi connectivity index (χ1) is 14.0. The van der Waals surface area contributed by atoms with Crippen molar-refractivity contribution < 1.29 is 4.79 Å². The van der Waals surface area contributed by atoms with Crippen LogP contribution in [0.4, 0.5) is 5.69 Å². The van der Waals surface area contributed by atoms with Gasteiger partial charge in [0.15, 0.2) is 0 Å². The van der Waals surface area contributed by atoms with Crippen molar-refractivity contribution >= 4 is 29.3 Å². The van der Waals surface area contributed by atoms with E-state index in [1.165, 1.54) is 11.6 Å². The molecule has 1 heterocycles. The van der Waals surface area contributed by atoms with Crippen molar-refractivity contribution in [3.63, 3.8) is 0 Å². The van der Waals surface area contributed by atoms with E-state index < -0.39 is 0 Å². The van der Waals surface area contributed by atoms with Gasteiger partial charge in [-0.15, -0.1) is 0 Å². The van der Waals surface area contributed by atoms with E-state index in [-0.39, 0.29) is 5.91 Å². The summed E-state index contributed by atoms with van der Waals surface area (Å²) in [5, 5.41) is 16.5. The molecule has 0 aliphatic carbocycles. The lowest BCUT2D eigenvalue weighted by atomic mass is 10.1. The maximum Gasteiger partial charge on any atom is 0.248 e. The molecule has 3 rings (SSSR count). The van der Waals surface area contributed by atoms with Crippen LogP contribution in [0.2, 0.25) is 5.15 Å². The maximum absolute atomic E-state index is 12.2. The minimum Gasteiger partial charge on any atom is -0.323 e. The molecule has 0 bridgehead atoms. The van der Waals surface area contributed by atoms with Crippen molar-refractivity contribution in [1.29, 1.82) is 5.26 Å². The molecule has 5 nitrogen and oxygen atoms in total. The van der Waals surface area contributed by atoms with Gasteiger partial charge in [-0.05, 0) is 43.2 Å².